The monoisotopic (exact) mass is 313 g/mol. The lowest BCUT2D eigenvalue weighted by molar-refractivity contribution is -0.384. The third-order valence-corrected chi connectivity index (χ3v) is 3.38. The van der Waals surface area contributed by atoms with Crippen molar-refractivity contribution in [1.29, 1.82) is 0 Å². The Morgan fingerprint density at radius 3 is 2.83 bits per heavy atom. The van der Waals surface area contributed by atoms with Crippen LogP contribution in [0.4, 0.5) is 11.5 Å². The number of rotatable bonds is 6. The molecule has 0 atom stereocenters. The molecule has 0 bridgehead atoms. The van der Waals surface area contributed by atoms with Crippen LogP contribution in [-0.2, 0) is 0 Å². The van der Waals surface area contributed by atoms with E-state index < -0.39 is 0 Å². The number of hydrogen-bond acceptors (Lipinski definition) is 4. The number of nitro groups is 1. The van der Waals surface area contributed by atoms with Gasteiger partial charge in [0.2, 0.25) is 0 Å². The molecule has 18 heavy (non-hydrogen) atoms. The van der Waals surface area contributed by atoms with Crippen molar-refractivity contribution in [1.82, 2.24) is 4.98 Å². The summed E-state index contributed by atoms with van der Waals surface area (Å²) in [5.41, 5.74) is 0.0868. The molecule has 5 nitrogen and oxygen atoms in total. The van der Waals surface area contributed by atoms with Gasteiger partial charge in [0, 0.05) is 19.2 Å². The van der Waals surface area contributed by atoms with E-state index in [0.717, 1.165) is 25.4 Å². The minimum absolute atomic E-state index is 0.0868. The highest BCUT2D eigenvalue weighted by atomic mass is 79.9. The third kappa shape index (κ3) is 3.41. The zero-order valence-corrected chi connectivity index (χ0v) is 11.9. The van der Waals surface area contributed by atoms with Crippen LogP contribution in [0.15, 0.2) is 16.7 Å². The smallest absolute Gasteiger partial charge is 0.275 e. The molecule has 0 unspecified atom stereocenters. The number of hydrogen-bond donors (Lipinski definition) is 0. The fourth-order valence-corrected chi connectivity index (χ4v) is 2.33. The molecular weight excluding hydrogens is 298 g/mol. The third-order valence-electron chi connectivity index (χ3n) is 2.97. The summed E-state index contributed by atoms with van der Waals surface area (Å²) in [5.74, 6) is 1.43. The van der Waals surface area contributed by atoms with E-state index in [2.05, 4.69) is 32.7 Å². The maximum absolute atomic E-state index is 10.9. The second kappa shape index (κ2) is 5.65. The quantitative estimate of drug-likeness (QED) is 0.459. The Morgan fingerprint density at radius 2 is 2.28 bits per heavy atom. The van der Waals surface area contributed by atoms with Crippen LogP contribution in [0.2, 0.25) is 0 Å². The van der Waals surface area contributed by atoms with Crippen LogP contribution in [0.25, 0.3) is 0 Å². The van der Waals surface area contributed by atoms with Crippen molar-refractivity contribution in [2.75, 3.05) is 18.0 Å². The zero-order chi connectivity index (χ0) is 13.1. The molecule has 0 aliphatic heterocycles. The van der Waals surface area contributed by atoms with E-state index in [-0.39, 0.29) is 10.6 Å². The normalized spacial score (nSPS) is 14.6. The van der Waals surface area contributed by atoms with Crippen LogP contribution in [0, 0.1) is 16.0 Å². The van der Waals surface area contributed by atoms with Crippen molar-refractivity contribution in [3.05, 3.63) is 26.9 Å². The van der Waals surface area contributed by atoms with Crippen LogP contribution in [0.3, 0.4) is 0 Å². The molecule has 1 heterocycles. The van der Waals surface area contributed by atoms with E-state index in [1.54, 1.807) is 6.07 Å². The lowest BCUT2D eigenvalue weighted by atomic mass is 10.3. The Bertz CT molecular complexity index is 449. The second-order valence-electron chi connectivity index (χ2n) is 4.65. The first-order valence-electron chi connectivity index (χ1n) is 6.17. The van der Waals surface area contributed by atoms with Crippen molar-refractivity contribution in [3.8, 4) is 0 Å². The molecule has 0 radical (unpaired) electrons. The molecule has 1 aromatic rings. The summed E-state index contributed by atoms with van der Waals surface area (Å²) < 4.78 is 0.517. The highest BCUT2D eigenvalue weighted by Gasteiger charge is 2.25. The molecule has 2 rings (SSSR count). The average molecular weight is 314 g/mol. The molecule has 0 amide bonds. The predicted molar refractivity (Wildman–Crippen MR) is 73.8 cm³/mol. The maximum Gasteiger partial charge on any atom is 0.275 e. The van der Waals surface area contributed by atoms with Gasteiger partial charge < -0.3 is 4.90 Å². The van der Waals surface area contributed by atoms with Crippen LogP contribution >= 0.6 is 15.9 Å². The molecule has 6 heteroatoms. The number of aromatic nitrogens is 1. The minimum Gasteiger partial charge on any atom is -0.356 e. The van der Waals surface area contributed by atoms with Crippen molar-refractivity contribution >= 4 is 27.4 Å². The number of pyridine rings is 1. The number of anilines is 1. The topological polar surface area (TPSA) is 59.3 Å². The molecule has 1 aliphatic rings. The van der Waals surface area contributed by atoms with Gasteiger partial charge in [-0.2, -0.15) is 0 Å². The van der Waals surface area contributed by atoms with Crippen LogP contribution in [0.5, 0.6) is 0 Å². The molecule has 98 valence electrons. The Hall–Kier alpha value is -1.17. The summed E-state index contributed by atoms with van der Waals surface area (Å²) in [6, 6.07) is 2.99. The molecule has 1 fully saturated rings. The fourth-order valence-electron chi connectivity index (χ4n) is 1.92. The second-order valence-corrected chi connectivity index (χ2v) is 5.47. The zero-order valence-electron chi connectivity index (χ0n) is 10.3. The largest absolute Gasteiger partial charge is 0.356 e. The van der Waals surface area contributed by atoms with Gasteiger partial charge in [-0.15, -0.1) is 0 Å². The molecule has 1 aromatic heterocycles. The molecule has 0 saturated heterocycles. The van der Waals surface area contributed by atoms with Gasteiger partial charge in [0.1, 0.15) is 10.4 Å². The van der Waals surface area contributed by atoms with E-state index in [0.29, 0.717) is 10.4 Å². The fraction of sp³-hybridized carbons (Fsp3) is 0.583. The van der Waals surface area contributed by atoms with Crippen molar-refractivity contribution in [3.63, 3.8) is 0 Å². The van der Waals surface area contributed by atoms with Gasteiger partial charge in [-0.3, -0.25) is 10.1 Å². The molecule has 0 aromatic carbocycles. The molecule has 1 saturated carbocycles. The maximum atomic E-state index is 10.9. The first kappa shape index (κ1) is 13.3. The number of halogens is 1. The van der Waals surface area contributed by atoms with Crippen molar-refractivity contribution in [2.24, 2.45) is 5.92 Å². The first-order chi connectivity index (χ1) is 8.60. The highest BCUT2D eigenvalue weighted by molar-refractivity contribution is 9.10. The first-order valence-corrected chi connectivity index (χ1v) is 6.96. The predicted octanol–water partition coefficient (Wildman–Crippen LogP) is 3.38. The Kier molecular flexibility index (Phi) is 4.16. The Morgan fingerprint density at radius 1 is 1.56 bits per heavy atom. The van der Waals surface area contributed by atoms with E-state index >= 15 is 0 Å². The highest BCUT2D eigenvalue weighted by Crippen LogP contribution is 2.32. The molecule has 0 N–H and O–H groups in total. The van der Waals surface area contributed by atoms with Gasteiger partial charge in [0.05, 0.1) is 11.0 Å². The standard InChI is InChI=1S/C12H16BrN3O2/c1-2-5-15(8-9-3-4-9)12-7-10(16(17)18)6-11(13)14-12/h6-7,9H,2-5,8H2,1H3. The van der Waals surface area contributed by atoms with E-state index in [1.807, 2.05) is 0 Å². The van der Waals surface area contributed by atoms with Gasteiger partial charge in [-0.05, 0) is 41.1 Å². The molecule has 1 aliphatic carbocycles. The summed E-state index contributed by atoms with van der Waals surface area (Å²) >= 11 is 3.24. The van der Waals surface area contributed by atoms with Crippen LogP contribution < -0.4 is 4.90 Å². The van der Waals surface area contributed by atoms with Gasteiger partial charge >= 0.3 is 0 Å². The summed E-state index contributed by atoms with van der Waals surface area (Å²) in [4.78, 5) is 17.0. The van der Waals surface area contributed by atoms with Gasteiger partial charge in [0.15, 0.2) is 0 Å². The van der Waals surface area contributed by atoms with Crippen molar-refractivity contribution in [2.45, 2.75) is 26.2 Å². The van der Waals surface area contributed by atoms with Crippen LogP contribution in [-0.4, -0.2) is 23.0 Å². The van der Waals surface area contributed by atoms with E-state index in [9.17, 15) is 10.1 Å². The summed E-state index contributed by atoms with van der Waals surface area (Å²) in [6.45, 7) is 3.94. The van der Waals surface area contributed by atoms with Gasteiger partial charge in [-0.25, -0.2) is 4.98 Å². The lowest BCUT2D eigenvalue weighted by Gasteiger charge is -2.23. The van der Waals surface area contributed by atoms with Gasteiger partial charge in [0.25, 0.3) is 5.69 Å². The average Bonchev–Trinajstić information content (AvgIpc) is 3.11. The molecular formula is C12H16BrN3O2. The Balaban J connectivity index is 2.24. The van der Waals surface area contributed by atoms with Gasteiger partial charge in [-0.1, -0.05) is 6.92 Å². The SMILES string of the molecule is CCCN(CC1CC1)c1cc([N+](=O)[O-])cc(Br)n1. The summed E-state index contributed by atoms with van der Waals surface area (Å²) in [5, 5.41) is 10.9. The van der Waals surface area contributed by atoms with E-state index in [1.165, 1.54) is 18.9 Å². The lowest BCUT2D eigenvalue weighted by Crippen LogP contribution is -2.27. The molecule has 0 spiro atoms. The Labute approximate surface area is 114 Å². The van der Waals surface area contributed by atoms with E-state index in [4.69, 9.17) is 0 Å². The minimum atomic E-state index is -0.378. The number of nitrogens with zero attached hydrogens (tertiary/aromatic N) is 3. The van der Waals surface area contributed by atoms with Crippen LogP contribution in [0.1, 0.15) is 26.2 Å². The summed E-state index contributed by atoms with van der Waals surface area (Å²) in [6.07, 6.45) is 3.53. The van der Waals surface area contributed by atoms with Crippen molar-refractivity contribution < 1.29 is 4.92 Å². The summed E-state index contributed by atoms with van der Waals surface area (Å²) in [7, 11) is 0.